The highest BCUT2D eigenvalue weighted by Gasteiger charge is 2.42. The first-order valence-corrected chi connectivity index (χ1v) is 11.2. The number of benzene rings is 1. The Morgan fingerprint density at radius 3 is 2.83 bits per heavy atom. The van der Waals surface area contributed by atoms with E-state index in [0.717, 1.165) is 6.42 Å². The maximum absolute atomic E-state index is 14.9. The lowest BCUT2D eigenvalue weighted by molar-refractivity contribution is 0.147. The van der Waals surface area contributed by atoms with E-state index in [1.54, 1.807) is 6.26 Å². The number of halogens is 5. The van der Waals surface area contributed by atoms with E-state index < -0.39 is 24.8 Å². The number of hydrogen-bond acceptors (Lipinski definition) is 6. The summed E-state index contributed by atoms with van der Waals surface area (Å²) < 4.78 is 47.8. The minimum absolute atomic E-state index is 0.00367. The van der Waals surface area contributed by atoms with Crippen LogP contribution < -0.4 is 9.64 Å². The molecule has 3 atom stereocenters. The van der Waals surface area contributed by atoms with E-state index in [4.69, 9.17) is 21.6 Å². The van der Waals surface area contributed by atoms with Crippen molar-refractivity contribution in [3.63, 3.8) is 0 Å². The maximum atomic E-state index is 14.9. The van der Waals surface area contributed by atoms with Gasteiger partial charge in [0.25, 0.3) is 6.43 Å². The number of nitriles is 1. The molecule has 2 aromatic rings. The molecule has 2 heterocycles. The zero-order valence-electron chi connectivity index (χ0n) is 15.1. The fourth-order valence-corrected chi connectivity index (χ4v) is 4.64. The number of ether oxygens (including phenoxy) is 1. The molecular formula is C18H15BrClF3N4OS. The van der Waals surface area contributed by atoms with E-state index in [1.165, 1.54) is 16.7 Å². The third-order valence-corrected chi connectivity index (χ3v) is 7.08. The topological polar surface area (TPSA) is 62.0 Å². The van der Waals surface area contributed by atoms with Gasteiger partial charge in [-0.1, -0.05) is 23.4 Å². The van der Waals surface area contributed by atoms with Crippen molar-refractivity contribution in [3.8, 4) is 11.8 Å². The SMILES string of the molecule is CSc1nc2c3c(c(Cl)c(Br)c(F)c3n1)OCC(CC1CC1C#N)N2CC(F)F. The van der Waals surface area contributed by atoms with Crippen LogP contribution in [0.3, 0.4) is 0 Å². The summed E-state index contributed by atoms with van der Waals surface area (Å²) in [6, 6.07) is 1.76. The second-order valence-corrected chi connectivity index (χ2v) is 8.95. The number of aromatic nitrogens is 2. The van der Waals surface area contributed by atoms with Gasteiger partial charge in [0.1, 0.15) is 23.0 Å². The third kappa shape index (κ3) is 3.73. The van der Waals surface area contributed by atoms with Gasteiger partial charge in [0.2, 0.25) is 0 Å². The van der Waals surface area contributed by atoms with Gasteiger partial charge < -0.3 is 9.64 Å². The lowest BCUT2D eigenvalue weighted by Crippen LogP contribution is -2.42. The van der Waals surface area contributed by atoms with E-state index in [0.29, 0.717) is 6.42 Å². The summed E-state index contributed by atoms with van der Waals surface area (Å²) in [4.78, 5) is 10.1. The minimum Gasteiger partial charge on any atom is -0.489 e. The van der Waals surface area contributed by atoms with Crippen LogP contribution in [-0.4, -0.2) is 41.8 Å². The lowest BCUT2D eigenvalue weighted by Gasteiger charge is -2.31. The van der Waals surface area contributed by atoms with Crippen molar-refractivity contribution >= 4 is 56.0 Å². The molecule has 0 amide bonds. The van der Waals surface area contributed by atoms with Crippen LogP contribution >= 0.6 is 39.3 Å². The summed E-state index contributed by atoms with van der Waals surface area (Å²) in [6.07, 6.45) is 0.323. The summed E-state index contributed by atoms with van der Waals surface area (Å²) >= 11 is 10.6. The smallest absolute Gasteiger partial charge is 0.255 e. The van der Waals surface area contributed by atoms with Crippen LogP contribution in [0.25, 0.3) is 10.9 Å². The Morgan fingerprint density at radius 2 is 2.21 bits per heavy atom. The molecule has 5 nitrogen and oxygen atoms in total. The molecule has 154 valence electrons. The Bertz CT molecular complexity index is 1020. The highest BCUT2D eigenvalue weighted by Crippen LogP contribution is 2.48. The zero-order chi connectivity index (χ0) is 20.9. The summed E-state index contributed by atoms with van der Waals surface area (Å²) in [7, 11) is 0. The molecule has 1 aliphatic carbocycles. The first-order valence-electron chi connectivity index (χ1n) is 8.85. The molecule has 2 aliphatic rings. The van der Waals surface area contributed by atoms with Gasteiger partial charge in [-0.25, -0.2) is 23.1 Å². The van der Waals surface area contributed by atoms with E-state index in [-0.39, 0.29) is 55.6 Å². The molecule has 3 unspecified atom stereocenters. The van der Waals surface area contributed by atoms with Gasteiger partial charge in [0, 0.05) is 5.92 Å². The molecule has 29 heavy (non-hydrogen) atoms. The Hall–Kier alpha value is -1.44. The Balaban J connectivity index is 1.91. The largest absolute Gasteiger partial charge is 0.489 e. The van der Waals surface area contributed by atoms with E-state index in [2.05, 4.69) is 32.0 Å². The van der Waals surface area contributed by atoms with Gasteiger partial charge in [-0.15, -0.1) is 0 Å². The quantitative estimate of drug-likeness (QED) is 0.311. The molecule has 0 bridgehead atoms. The number of alkyl halides is 2. The first-order chi connectivity index (χ1) is 13.8. The second kappa shape index (κ2) is 8.00. The highest BCUT2D eigenvalue weighted by atomic mass is 79.9. The number of thioether (sulfide) groups is 1. The van der Waals surface area contributed by atoms with Gasteiger partial charge in [-0.3, -0.25) is 0 Å². The van der Waals surface area contributed by atoms with Crippen LogP contribution in [0.15, 0.2) is 9.63 Å². The van der Waals surface area contributed by atoms with Gasteiger partial charge in [0.05, 0.1) is 28.5 Å². The number of rotatable bonds is 5. The summed E-state index contributed by atoms with van der Waals surface area (Å²) in [5.74, 6) is -0.298. The molecule has 1 aromatic carbocycles. The fraction of sp³-hybridized carbons (Fsp3) is 0.500. The molecule has 1 fully saturated rings. The van der Waals surface area contributed by atoms with Gasteiger partial charge in [-0.05, 0) is 40.9 Å². The number of nitrogens with zero attached hydrogens (tertiary/aromatic N) is 4. The standard InChI is InChI=1S/C18H15BrClF3N4OS/c1-29-18-25-15-11-16(13(20)12(19)14(15)23)28-6-9(3-7-2-8(7)4-24)27(5-10(21)22)17(11)26-18/h7-10H,2-3,5-6H2,1H3. The van der Waals surface area contributed by atoms with E-state index in [9.17, 15) is 13.2 Å². The summed E-state index contributed by atoms with van der Waals surface area (Å²) in [6.45, 7) is -0.522. The molecule has 1 saturated carbocycles. The number of anilines is 1. The molecule has 4 rings (SSSR count). The van der Waals surface area contributed by atoms with Crippen molar-refractivity contribution in [1.82, 2.24) is 9.97 Å². The minimum atomic E-state index is -2.64. The maximum Gasteiger partial charge on any atom is 0.255 e. The Labute approximate surface area is 182 Å². The lowest BCUT2D eigenvalue weighted by atomic mass is 10.1. The Morgan fingerprint density at radius 1 is 1.45 bits per heavy atom. The average Bonchev–Trinajstić information content (AvgIpc) is 3.48. The van der Waals surface area contributed by atoms with Gasteiger partial charge in [0.15, 0.2) is 16.7 Å². The average molecular weight is 508 g/mol. The monoisotopic (exact) mass is 506 g/mol. The molecule has 0 radical (unpaired) electrons. The van der Waals surface area contributed by atoms with Crippen molar-refractivity contribution in [2.24, 2.45) is 11.8 Å². The fourth-order valence-electron chi connectivity index (χ4n) is 3.68. The van der Waals surface area contributed by atoms with Crippen molar-refractivity contribution in [2.45, 2.75) is 30.5 Å². The third-order valence-electron chi connectivity index (χ3n) is 5.20. The molecule has 0 saturated heterocycles. The normalized spacial score (nSPS) is 23.1. The molecule has 1 aliphatic heterocycles. The van der Waals surface area contributed by atoms with E-state index in [1.807, 2.05) is 0 Å². The van der Waals surface area contributed by atoms with Crippen LogP contribution in [0, 0.1) is 29.0 Å². The molecule has 11 heteroatoms. The van der Waals surface area contributed by atoms with Gasteiger partial charge >= 0.3 is 0 Å². The number of hydrogen-bond donors (Lipinski definition) is 0. The molecule has 0 N–H and O–H groups in total. The summed E-state index contributed by atoms with van der Waals surface area (Å²) in [5, 5.41) is 9.55. The van der Waals surface area contributed by atoms with Crippen molar-refractivity contribution in [1.29, 1.82) is 5.26 Å². The second-order valence-electron chi connectivity index (χ2n) is 7.00. The van der Waals surface area contributed by atoms with Crippen LogP contribution in [0.5, 0.6) is 5.75 Å². The first kappa shape index (κ1) is 20.8. The van der Waals surface area contributed by atoms with Crippen LogP contribution in [-0.2, 0) is 0 Å². The van der Waals surface area contributed by atoms with Crippen molar-refractivity contribution in [3.05, 3.63) is 15.3 Å². The van der Waals surface area contributed by atoms with Crippen LogP contribution in [0.1, 0.15) is 12.8 Å². The predicted octanol–water partition coefficient (Wildman–Crippen LogP) is 5.29. The Kier molecular flexibility index (Phi) is 5.75. The van der Waals surface area contributed by atoms with Gasteiger partial charge in [-0.2, -0.15) is 5.26 Å². The zero-order valence-corrected chi connectivity index (χ0v) is 18.3. The highest BCUT2D eigenvalue weighted by molar-refractivity contribution is 9.10. The predicted molar refractivity (Wildman–Crippen MR) is 108 cm³/mol. The van der Waals surface area contributed by atoms with Crippen LogP contribution in [0.4, 0.5) is 19.0 Å². The molecule has 1 aromatic heterocycles. The van der Waals surface area contributed by atoms with E-state index >= 15 is 0 Å². The summed E-state index contributed by atoms with van der Waals surface area (Å²) in [5.41, 5.74) is -0.0353. The van der Waals surface area contributed by atoms with Crippen LogP contribution in [0.2, 0.25) is 5.02 Å². The molecule has 0 spiro atoms. The van der Waals surface area contributed by atoms with Crippen molar-refractivity contribution < 1.29 is 17.9 Å². The molecular weight excluding hydrogens is 493 g/mol. The van der Waals surface area contributed by atoms with Crippen molar-refractivity contribution in [2.75, 3.05) is 24.3 Å².